The van der Waals surface area contributed by atoms with E-state index in [2.05, 4.69) is 5.32 Å². The van der Waals surface area contributed by atoms with E-state index in [0.717, 1.165) is 29.3 Å². The minimum Gasteiger partial charge on any atom is -0.488 e. The van der Waals surface area contributed by atoms with Crippen molar-refractivity contribution in [3.05, 3.63) is 23.2 Å². The van der Waals surface area contributed by atoms with Gasteiger partial charge in [0.25, 0.3) is 0 Å². The van der Waals surface area contributed by atoms with Crippen molar-refractivity contribution in [1.82, 2.24) is 0 Å². The van der Waals surface area contributed by atoms with Gasteiger partial charge in [0.2, 0.25) is 0 Å². The quantitative estimate of drug-likeness (QED) is 0.805. The summed E-state index contributed by atoms with van der Waals surface area (Å²) in [6.07, 6.45) is 2.73. The third kappa shape index (κ3) is 2.07. The Morgan fingerprint density at radius 2 is 2.23 bits per heavy atom. The molecule has 1 aromatic rings. The second-order valence-corrected chi connectivity index (χ2v) is 3.64. The average molecular weight is 198 g/mol. The van der Waals surface area contributed by atoms with Gasteiger partial charge in [-0.05, 0) is 25.0 Å². The molecule has 1 aliphatic rings. The first-order valence-electron chi connectivity index (χ1n) is 4.43. The number of nitrogens with one attached hydrogen (secondary N) is 1. The smallest absolute Gasteiger partial charge is 0.144 e. The van der Waals surface area contributed by atoms with Gasteiger partial charge in [-0.15, -0.1) is 0 Å². The van der Waals surface area contributed by atoms with Gasteiger partial charge >= 0.3 is 0 Å². The predicted molar refractivity (Wildman–Crippen MR) is 54.6 cm³/mol. The maximum atomic E-state index is 5.87. The lowest BCUT2D eigenvalue weighted by Gasteiger charge is -2.10. The van der Waals surface area contributed by atoms with Crippen molar-refractivity contribution in [3.63, 3.8) is 0 Å². The first kappa shape index (κ1) is 8.70. The minimum absolute atomic E-state index is 0.408. The monoisotopic (exact) mass is 197 g/mol. The molecule has 1 fully saturated rings. The van der Waals surface area contributed by atoms with Gasteiger partial charge < -0.3 is 10.1 Å². The minimum atomic E-state index is 0.408. The van der Waals surface area contributed by atoms with Crippen molar-refractivity contribution in [1.29, 1.82) is 0 Å². The molecule has 0 saturated heterocycles. The van der Waals surface area contributed by atoms with Gasteiger partial charge in [-0.3, -0.25) is 0 Å². The molecule has 13 heavy (non-hydrogen) atoms. The van der Waals surface area contributed by atoms with E-state index in [1.54, 1.807) is 0 Å². The highest BCUT2D eigenvalue weighted by molar-refractivity contribution is 6.30. The van der Waals surface area contributed by atoms with E-state index in [9.17, 15) is 0 Å². The fraction of sp³-hybridized carbons (Fsp3) is 0.400. The second-order valence-electron chi connectivity index (χ2n) is 3.21. The van der Waals surface area contributed by atoms with Crippen molar-refractivity contribution < 1.29 is 4.74 Å². The van der Waals surface area contributed by atoms with Crippen LogP contribution >= 0.6 is 11.6 Å². The van der Waals surface area contributed by atoms with Crippen LogP contribution < -0.4 is 10.1 Å². The van der Waals surface area contributed by atoms with Crippen molar-refractivity contribution in [2.45, 2.75) is 18.9 Å². The summed E-state index contributed by atoms with van der Waals surface area (Å²) in [6.45, 7) is 0. The van der Waals surface area contributed by atoms with Gasteiger partial charge in [-0.25, -0.2) is 0 Å². The van der Waals surface area contributed by atoms with Crippen LogP contribution in [0.3, 0.4) is 0 Å². The molecular formula is C10H12ClNO. The second kappa shape index (κ2) is 3.46. The summed E-state index contributed by atoms with van der Waals surface area (Å²) in [5, 5.41) is 3.79. The van der Waals surface area contributed by atoms with Crippen LogP contribution in [0.2, 0.25) is 5.02 Å². The first-order chi connectivity index (χ1) is 6.29. The standard InChI is InChI=1S/C10H12ClNO/c1-12-9-5-2-7(11)6-10(9)13-8-3-4-8/h2,5-6,8,12H,3-4H2,1H3. The molecular weight excluding hydrogens is 186 g/mol. The van der Waals surface area contributed by atoms with Gasteiger partial charge in [0.05, 0.1) is 11.8 Å². The van der Waals surface area contributed by atoms with E-state index in [1.807, 2.05) is 25.2 Å². The van der Waals surface area contributed by atoms with Crippen LogP contribution in [-0.2, 0) is 0 Å². The van der Waals surface area contributed by atoms with Crippen LogP contribution in [0.5, 0.6) is 5.75 Å². The van der Waals surface area contributed by atoms with Gasteiger partial charge in [-0.1, -0.05) is 11.6 Å². The SMILES string of the molecule is CNc1ccc(Cl)cc1OC1CC1. The molecule has 0 radical (unpaired) electrons. The number of halogens is 1. The number of ether oxygens (including phenoxy) is 1. The lowest BCUT2D eigenvalue weighted by molar-refractivity contribution is 0.305. The van der Waals surface area contributed by atoms with Gasteiger partial charge in [0.1, 0.15) is 5.75 Å². The Bertz CT molecular complexity index is 310. The summed E-state index contributed by atoms with van der Waals surface area (Å²) < 4.78 is 5.68. The van der Waals surface area contributed by atoms with E-state index in [1.165, 1.54) is 0 Å². The predicted octanol–water partition coefficient (Wildman–Crippen LogP) is 2.92. The number of benzene rings is 1. The molecule has 0 aromatic heterocycles. The molecule has 0 heterocycles. The Balaban J connectivity index is 2.22. The molecule has 3 heteroatoms. The lowest BCUT2D eigenvalue weighted by atomic mass is 10.3. The van der Waals surface area contributed by atoms with Crippen LogP contribution in [0, 0.1) is 0 Å². The Morgan fingerprint density at radius 3 is 2.85 bits per heavy atom. The molecule has 0 aliphatic heterocycles. The third-order valence-electron chi connectivity index (χ3n) is 2.03. The number of rotatable bonds is 3. The summed E-state index contributed by atoms with van der Waals surface area (Å²) in [5.74, 6) is 0.859. The fourth-order valence-corrected chi connectivity index (χ4v) is 1.33. The zero-order valence-corrected chi connectivity index (χ0v) is 8.27. The zero-order valence-electron chi connectivity index (χ0n) is 7.51. The maximum Gasteiger partial charge on any atom is 0.144 e. The molecule has 0 atom stereocenters. The van der Waals surface area contributed by atoms with Crippen LogP contribution in [0.4, 0.5) is 5.69 Å². The maximum absolute atomic E-state index is 5.87. The molecule has 2 rings (SSSR count). The highest BCUT2D eigenvalue weighted by Gasteiger charge is 2.24. The van der Waals surface area contributed by atoms with Gasteiger partial charge in [-0.2, -0.15) is 0 Å². The van der Waals surface area contributed by atoms with E-state index in [4.69, 9.17) is 16.3 Å². The highest BCUT2D eigenvalue weighted by Crippen LogP contribution is 2.33. The van der Waals surface area contributed by atoms with Crippen molar-refractivity contribution in [2.24, 2.45) is 0 Å². The molecule has 70 valence electrons. The summed E-state index contributed by atoms with van der Waals surface area (Å²) in [4.78, 5) is 0. The topological polar surface area (TPSA) is 21.3 Å². The zero-order chi connectivity index (χ0) is 9.26. The number of anilines is 1. The summed E-state index contributed by atoms with van der Waals surface area (Å²) in [5.41, 5.74) is 0.997. The number of hydrogen-bond donors (Lipinski definition) is 1. The largest absolute Gasteiger partial charge is 0.488 e. The van der Waals surface area contributed by atoms with Crippen molar-refractivity contribution >= 4 is 17.3 Å². The molecule has 1 aromatic carbocycles. The molecule has 1 aliphatic carbocycles. The highest BCUT2D eigenvalue weighted by atomic mass is 35.5. The van der Waals surface area contributed by atoms with Crippen LogP contribution in [0.15, 0.2) is 18.2 Å². The molecule has 0 bridgehead atoms. The molecule has 0 unspecified atom stereocenters. The molecule has 2 nitrogen and oxygen atoms in total. The van der Waals surface area contributed by atoms with Gasteiger partial charge in [0.15, 0.2) is 0 Å². The van der Waals surface area contributed by atoms with E-state index in [0.29, 0.717) is 6.10 Å². The Kier molecular flexibility index (Phi) is 2.32. The normalized spacial score (nSPS) is 15.5. The lowest BCUT2D eigenvalue weighted by Crippen LogP contribution is -1.99. The molecule has 0 spiro atoms. The van der Waals surface area contributed by atoms with Crippen molar-refractivity contribution in [2.75, 3.05) is 12.4 Å². The van der Waals surface area contributed by atoms with Crippen LogP contribution in [0.1, 0.15) is 12.8 Å². The van der Waals surface area contributed by atoms with E-state index in [-0.39, 0.29) is 0 Å². The fourth-order valence-electron chi connectivity index (χ4n) is 1.17. The van der Waals surface area contributed by atoms with E-state index < -0.39 is 0 Å². The third-order valence-corrected chi connectivity index (χ3v) is 2.27. The molecule has 0 amide bonds. The molecule has 1 saturated carbocycles. The summed E-state index contributed by atoms with van der Waals surface area (Å²) >= 11 is 5.87. The van der Waals surface area contributed by atoms with Crippen LogP contribution in [-0.4, -0.2) is 13.2 Å². The van der Waals surface area contributed by atoms with Crippen LogP contribution in [0.25, 0.3) is 0 Å². The summed E-state index contributed by atoms with van der Waals surface area (Å²) in [7, 11) is 1.88. The number of hydrogen-bond acceptors (Lipinski definition) is 2. The molecule has 1 N–H and O–H groups in total. The van der Waals surface area contributed by atoms with Gasteiger partial charge in [0, 0.05) is 18.1 Å². The first-order valence-corrected chi connectivity index (χ1v) is 4.81. The Morgan fingerprint density at radius 1 is 1.46 bits per heavy atom. The summed E-state index contributed by atoms with van der Waals surface area (Å²) in [6, 6.07) is 5.64. The Labute approximate surface area is 82.9 Å². The average Bonchev–Trinajstić information content (AvgIpc) is 2.89. The van der Waals surface area contributed by atoms with Crippen molar-refractivity contribution in [3.8, 4) is 5.75 Å². The van der Waals surface area contributed by atoms with E-state index >= 15 is 0 Å². The Hall–Kier alpha value is -0.890.